The fraction of sp³-hybridized carbons (Fsp3) is 0.0588. The quantitative estimate of drug-likeness (QED) is 0.654. The maximum atomic E-state index is 5.82. The summed E-state index contributed by atoms with van der Waals surface area (Å²) in [4.78, 5) is 0. The molecule has 0 amide bonds. The van der Waals surface area contributed by atoms with Crippen LogP contribution in [-0.2, 0) is 0 Å². The van der Waals surface area contributed by atoms with Crippen molar-refractivity contribution in [3.05, 3.63) is 71.8 Å². The Hall–Kier alpha value is -2.19. The molecule has 0 fully saturated rings. The van der Waals surface area contributed by atoms with Crippen LogP contribution in [0, 0.1) is 0 Å². The van der Waals surface area contributed by atoms with Crippen molar-refractivity contribution in [2.75, 3.05) is 12.8 Å². The number of nitrogen functional groups attached to an aromatic ring is 1. The lowest BCUT2D eigenvalue weighted by atomic mass is 10.1. The molecule has 2 nitrogen and oxygen atoms in total. The Morgan fingerprint density at radius 1 is 0.800 bits per heavy atom. The molecule has 0 saturated carbocycles. The highest BCUT2D eigenvalue weighted by Gasteiger charge is 2.01. The smallest absolute Gasteiger partial charge is 0.126 e. The molecule has 102 valence electrons. The zero-order chi connectivity index (χ0) is 14.4. The Balaban J connectivity index is 0.000000178. The van der Waals surface area contributed by atoms with E-state index in [0.717, 1.165) is 27.2 Å². The number of benzene rings is 3. The Labute approximate surface area is 123 Å². The van der Waals surface area contributed by atoms with Crippen LogP contribution in [0.25, 0.3) is 10.8 Å². The number of hydrogen-bond acceptors (Lipinski definition) is 2. The fourth-order valence-corrected chi connectivity index (χ4v) is 2.03. The van der Waals surface area contributed by atoms with Gasteiger partial charge in [-0.15, -0.1) is 0 Å². The highest BCUT2D eigenvalue weighted by atomic mass is 35.5. The molecule has 3 aromatic carbocycles. The van der Waals surface area contributed by atoms with Crippen LogP contribution in [0.4, 0.5) is 5.69 Å². The first-order chi connectivity index (χ1) is 9.72. The van der Waals surface area contributed by atoms with E-state index in [1.807, 2.05) is 66.7 Å². The first-order valence-corrected chi connectivity index (χ1v) is 6.62. The number of nitrogens with two attached hydrogens (primary N) is 1. The summed E-state index contributed by atoms with van der Waals surface area (Å²) in [6.07, 6.45) is 0. The van der Waals surface area contributed by atoms with Crippen molar-refractivity contribution < 1.29 is 4.74 Å². The van der Waals surface area contributed by atoms with Crippen LogP contribution >= 0.6 is 11.6 Å². The van der Waals surface area contributed by atoms with Gasteiger partial charge in [-0.3, -0.25) is 0 Å². The van der Waals surface area contributed by atoms with Crippen LogP contribution in [0.1, 0.15) is 0 Å². The minimum absolute atomic E-state index is 0.788. The van der Waals surface area contributed by atoms with E-state index in [9.17, 15) is 0 Å². The third kappa shape index (κ3) is 3.43. The van der Waals surface area contributed by atoms with Gasteiger partial charge in [-0.1, -0.05) is 54.1 Å². The van der Waals surface area contributed by atoms with Crippen LogP contribution in [0.5, 0.6) is 5.75 Å². The number of fused-ring (bicyclic) bond motifs is 1. The standard InChI is InChI=1S/C11H11NO.C6H5Cl/c1-13-11-7-6-10(12)8-4-2-3-5-9(8)11;7-6-4-2-1-3-5-6/h2-7H,12H2,1H3;1-5H. The lowest BCUT2D eigenvalue weighted by Gasteiger charge is -2.06. The molecule has 0 unspecified atom stereocenters. The van der Waals surface area contributed by atoms with Gasteiger partial charge in [-0.25, -0.2) is 0 Å². The van der Waals surface area contributed by atoms with E-state index in [2.05, 4.69) is 0 Å². The molecule has 0 radical (unpaired) electrons. The van der Waals surface area contributed by atoms with E-state index in [4.69, 9.17) is 22.1 Å². The molecular formula is C17H16ClNO. The van der Waals surface area contributed by atoms with Gasteiger partial charge in [-0.05, 0) is 24.3 Å². The first kappa shape index (κ1) is 14.2. The average molecular weight is 286 g/mol. The molecule has 3 heteroatoms. The molecule has 0 atom stereocenters. The number of hydrogen-bond donors (Lipinski definition) is 1. The van der Waals surface area contributed by atoms with Crippen LogP contribution in [0.2, 0.25) is 5.02 Å². The van der Waals surface area contributed by atoms with E-state index in [0.29, 0.717) is 0 Å². The molecule has 0 aromatic heterocycles. The van der Waals surface area contributed by atoms with Crippen molar-refractivity contribution in [2.24, 2.45) is 0 Å². The summed E-state index contributed by atoms with van der Waals surface area (Å²) in [5.41, 5.74) is 6.61. The van der Waals surface area contributed by atoms with Crippen LogP contribution in [0.15, 0.2) is 66.7 Å². The van der Waals surface area contributed by atoms with Crippen molar-refractivity contribution in [1.29, 1.82) is 0 Å². The Morgan fingerprint density at radius 3 is 1.95 bits per heavy atom. The highest BCUT2D eigenvalue weighted by Crippen LogP contribution is 2.29. The van der Waals surface area contributed by atoms with Gasteiger partial charge in [-0.2, -0.15) is 0 Å². The van der Waals surface area contributed by atoms with Gasteiger partial charge in [0.1, 0.15) is 5.75 Å². The van der Waals surface area contributed by atoms with Gasteiger partial charge < -0.3 is 10.5 Å². The summed E-state index contributed by atoms with van der Waals surface area (Å²) in [5, 5.41) is 2.90. The molecule has 0 aliphatic heterocycles. The molecule has 2 N–H and O–H groups in total. The van der Waals surface area contributed by atoms with Gasteiger partial charge in [0, 0.05) is 21.5 Å². The Bertz CT molecular complexity index is 683. The summed E-state index contributed by atoms with van der Waals surface area (Å²) < 4.78 is 5.23. The molecule has 0 heterocycles. The summed E-state index contributed by atoms with van der Waals surface area (Å²) in [6.45, 7) is 0. The zero-order valence-electron chi connectivity index (χ0n) is 11.2. The first-order valence-electron chi connectivity index (χ1n) is 6.24. The third-order valence-corrected chi connectivity index (χ3v) is 3.12. The SMILES string of the molecule is COc1ccc(N)c2ccccc12.Clc1ccccc1. The van der Waals surface area contributed by atoms with Gasteiger partial charge in [0.15, 0.2) is 0 Å². The minimum Gasteiger partial charge on any atom is -0.496 e. The zero-order valence-corrected chi connectivity index (χ0v) is 12.0. The number of halogens is 1. The predicted molar refractivity (Wildman–Crippen MR) is 86.4 cm³/mol. The van der Waals surface area contributed by atoms with E-state index < -0.39 is 0 Å². The summed E-state index contributed by atoms with van der Waals surface area (Å²) in [6, 6.07) is 21.1. The van der Waals surface area contributed by atoms with Gasteiger partial charge in [0.05, 0.1) is 7.11 Å². The molecule has 0 saturated heterocycles. The monoisotopic (exact) mass is 285 g/mol. The van der Waals surface area contributed by atoms with E-state index >= 15 is 0 Å². The third-order valence-electron chi connectivity index (χ3n) is 2.87. The number of anilines is 1. The molecule has 20 heavy (non-hydrogen) atoms. The predicted octanol–water partition coefficient (Wildman–Crippen LogP) is 4.77. The van der Waals surface area contributed by atoms with E-state index in [1.54, 1.807) is 7.11 Å². The van der Waals surface area contributed by atoms with E-state index in [1.165, 1.54) is 0 Å². The summed E-state index contributed by atoms with van der Waals surface area (Å²) in [7, 11) is 1.66. The minimum atomic E-state index is 0.788. The van der Waals surface area contributed by atoms with Gasteiger partial charge >= 0.3 is 0 Å². The van der Waals surface area contributed by atoms with Crippen molar-refractivity contribution in [1.82, 2.24) is 0 Å². The molecule has 0 aliphatic rings. The largest absolute Gasteiger partial charge is 0.496 e. The van der Waals surface area contributed by atoms with Crippen LogP contribution < -0.4 is 10.5 Å². The average Bonchev–Trinajstić information content (AvgIpc) is 2.49. The van der Waals surface area contributed by atoms with Crippen molar-refractivity contribution >= 4 is 28.1 Å². The number of ether oxygens (including phenoxy) is 1. The molecule has 0 bridgehead atoms. The fourth-order valence-electron chi connectivity index (χ4n) is 1.89. The van der Waals surface area contributed by atoms with E-state index in [-0.39, 0.29) is 0 Å². The molecule has 0 spiro atoms. The van der Waals surface area contributed by atoms with Crippen LogP contribution in [0.3, 0.4) is 0 Å². The summed E-state index contributed by atoms with van der Waals surface area (Å²) >= 11 is 5.54. The lowest BCUT2D eigenvalue weighted by Crippen LogP contribution is -1.89. The van der Waals surface area contributed by atoms with Gasteiger partial charge in [0.2, 0.25) is 0 Å². The number of methoxy groups -OCH3 is 1. The molecule has 3 aromatic rings. The van der Waals surface area contributed by atoms with Crippen LogP contribution in [-0.4, -0.2) is 7.11 Å². The molecule has 3 rings (SSSR count). The normalized spacial score (nSPS) is 9.70. The number of rotatable bonds is 1. The Kier molecular flexibility index (Phi) is 4.85. The second-order valence-electron chi connectivity index (χ2n) is 4.20. The van der Waals surface area contributed by atoms with Crippen molar-refractivity contribution in [3.63, 3.8) is 0 Å². The van der Waals surface area contributed by atoms with Crippen molar-refractivity contribution in [3.8, 4) is 5.75 Å². The second kappa shape index (κ2) is 6.83. The molecule has 0 aliphatic carbocycles. The Morgan fingerprint density at radius 2 is 1.40 bits per heavy atom. The van der Waals surface area contributed by atoms with Gasteiger partial charge in [0.25, 0.3) is 0 Å². The maximum Gasteiger partial charge on any atom is 0.126 e. The summed E-state index contributed by atoms with van der Waals surface area (Å²) in [5.74, 6) is 0.866. The molecular weight excluding hydrogens is 270 g/mol. The highest BCUT2D eigenvalue weighted by molar-refractivity contribution is 6.30. The maximum absolute atomic E-state index is 5.82. The van der Waals surface area contributed by atoms with Crippen molar-refractivity contribution in [2.45, 2.75) is 0 Å². The second-order valence-corrected chi connectivity index (χ2v) is 4.63. The topological polar surface area (TPSA) is 35.2 Å². The lowest BCUT2D eigenvalue weighted by molar-refractivity contribution is 0.420.